The largest absolute Gasteiger partial charge is 0.326 e. The van der Waals surface area contributed by atoms with Gasteiger partial charge in [-0.2, -0.15) is 0 Å². The summed E-state index contributed by atoms with van der Waals surface area (Å²) in [7, 11) is 0. The van der Waals surface area contributed by atoms with E-state index < -0.39 is 0 Å². The van der Waals surface area contributed by atoms with Crippen LogP contribution in [0.15, 0.2) is 46.9 Å². The fraction of sp³-hybridized carbons (Fsp3) is 0.263. The van der Waals surface area contributed by atoms with Gasteiger partial charge in [-0.3, -0.25) is 9.59 Å². The van der Waals surface area contributed by atoms with Gasteiger partial charge in [-0.25, -0.2) is 0 Å². The number of amides is 2. The SMILES string of the molecule is CCc1cc(Br)ccc1NC(=O)[C@H]1CC(=O)N(c2ccc(Cl)cc2)C1. The van der Waals surface area contributed by atoms with Crippen LogP contribution in [0, 0.1) is 5.92 Å². The van der Waals surface area contributed by atoms with Crippen LogP contribution in [-0.4, -0.2) is 18.4 Å². The van der Waals surface area contributed by atoms with Gasteiger partial charge in [0.25, 0.3) is 0 Å². The van der Waals surface area contributed by atoms with E-state index in [9.17, 15) is 9.59 Å². The van der Waals surface area contributed by atoms with Crippen LogP contribution >= 0.6 is 27.5 Å². The van der Waals surface area contributed by atoms with Crippen LogP contribution in [0.25, 0.3) is 0 Å². The van der Waals surface area contributed by atoms with Crippen molar-refractivity contribution in [3.8, 4) is 0 Å². The van der Waals surface area contributed by atoms with Crippen molar-refractivity contribution in [2.75, 3.05) is 16.8 Å². The van der Waals surface area contributed by atoms with Crippen LogP contribution in [0.2, 0.25) is 5.02 Å². The normalized spacial score (nSPS) is 17.0. The van der Waals surface area contributed by atoms with E-state index in [1.807, 2.05) is 25.1 Å². The van der Waals surface area contributed by atoms with Crippen molar-refractivity contribution < 1.29 is 9.59 Å². The van der Waals surface area contributed by atoms with Gasteiger partial charge in [0.05, 0.1) is 5.92 Å². The van der Waals surface area contributed by atoms with Crippen molar-refractivity contribution in [3.63, 3.8) is 0 Å². The molecule has 1 heterocycles. The Hall–Kier alpha value is -1.85. The Morgan fingerprint density at radius 3 is 2.68 bits per heavy atom. The second kappa shape index (κ2) is 7.58. The lowest BCUT2D eigenvalue weighted by atomic mass is 10.1. The smallest absolute Gasteiger partial charge is 0.229 e. The van der Waals surface area contributed by atoms with Gasteiger partial charge < -0.3 is 10.2 Å². The lowest BCUT2D eigenvalue weighted by Gasteiger charge is -2.17. The van der Waals surface area contributed by atoms with Gasteiger partial charge in [0, 0.05) is 33.8 Å². The highest BCUT2D eigenvalue weighted by Crippen LogP contribution is 2.28. The van der Waals surface area contributed by atoms with E-state index in [1.165, 1.54) is 0 Å². The van der Waals surface area contributed by atoms with Gasteiger partial charge in [0.15, 0.2) is 0 Å². The average molecular weight is 422 g/mol. The first-order chi connectivity index (χ1) is 12.0. The number of carbonyl (C=O) groups is 2. The van der Waals surface area contributed by atoms with Crippen molar-refractivity contribution >= 4 is 50.7 Å². The van der Waals surface area contributed by atoms with E-state index in [1.54, 1.807) is 29.2 Å². The van der Waals surface area contributed by atoms with E-state index in [0.29, 0.717) is 11.6 Å². The minimum absolute atomic E-state index is 0.0472. The standard InChI is InChI=1S/C19H18BrClN2O2/c1-2-12-9-14(20)3-8-17(12)22-19(25)13-10-18(24)23(11-13)16-6-4-15(21)5-7-16/h3-9,13H,2,10-11H2,1H3,(H,22,25)/t13-/m0/s1. The number of benzene rings is 2. The molecule has 0 aliphatic carbocycles. The van der Waals surface area contributed by atoms with Crippen molar-refractivity contribution in [2.45, 2.75) is 19.8 Å². The zero-order valence-electron chi connectivity index (χ0n) is 13.8. The number of carbonyl (C=O) groups excluding carboxylic acids is 2. The molecule has 0 radical (unpaired) electrons. The molecule has 2 aromatic carbocycles. The van der Waals surface area contributed by atoms with E-state index >= 15 is 0 Å². The van der Waals surface area contributed by atoms with E-state index in [0.717, 1.165) is 27.8 Å². The molecule has 130 valence electrons. The molecule has 3 rings (SSSR count). The van der Waals surface area contributed by atoms with Crippen LogP contribution in [0.1, 0.15) is 18.9 Å². The Kier molecular flexibility index (Phi) is 5.45. The summed E-state index contributed by atoms with van der Waals surface area (Å²) < 4.78 is 0.979. The summed E-state index contributed by atoms with van der Waals surface area (Å²) >= 11 is 9.34. The zero-order chi connectivity index (χ0) is 18.0. The number of hydrogen-bond acceptors (Lipinski definition) is 2. The third kappa shape index (κ3) is 4.05. The number of rotatable bonds is 4. The number of aryl methyl sites for hydroxylation is 1. The molecule has 1 N–H and O–H groups in total. The van der Waals surface area contributed by atoms with Crippen molar-refractivity contribution in [3.05, 3.63) is 57.5 Å². The topological polar surface area (TPSA) is 49.4 Å². The van der Waals surface area contributed by atoms with Crippen LogP contribution in [0.3, 0.4) is 0 Å². The fourth-order valence-corrected chi connectivity index (χ4v) is 3.50. The van der Waals surface area contributed by atoms with Crippen molar-refractivity contribution in [2.24, 2.45) is 5.92 Å². The van der Waals surface area contributed by atoms with Crippen molar-refractivity contribution in [1.82, 2.24) is 0 Å². The second-order valence-corrected chi connectivity index (χ2v) is 7.38. The summed E-state index contributed by atoms with van der Waals surface area (Å²) in [6.45, 7) is 2.42. The third-order valence-corrected chi connectivity index (χ3v) is 5.09. The molecular formula is C19H18BrClN2O2. The van der Waals surface area contributed by atoms with Crippen LogP contribution in [-0.2, 0) is 16.0 Å². The first-order valence-electron chi connectivity index (χ1n) is 8.13. The number of nitrogens with zero attached hydrogens (tertiary/aromatic N) is 1. The lowest BCUT2D eigenvalue weighted by molar-refractivity contribution is -0.122. The van der Waals surface area contributed by atoms with Crippen molar-refractivity contribution in [1.29, 1.82) is 0 Å². The molecule has 1 aliphatic rings. The summed E-state index contributed by atoms with van der Waals surface area (Å²) in [5, 5.41) is 3.59. The van der Waals surface area contributed by atoms with E-state index in [2.05, 4.69) is 21.2 Å². The predicted octanol–water partition coefficient (Wildman–Crippen LogP) is 4.66. The first kappa shape index (κ1) is 18.0. The maximum absolute atomic E-state index is 12.6. The van der Waals surface area contributed by atoms with Gasteiger partial charge in [0.1, 0.15) is 0 Å². The molecule has 0 aromatic heterocycles. The number of halogens is 2. The summed E-state index contributed by atoms with van der Waals surface area (Å²) in [6.07, 6.45) is 1.03. The highest BCUT2D eigenvalue weighted by molar-refractivity contribution is 9.10. The Labute approximate surface area is 160 Å². The molecule has 2 aromatic rings. The summed E-state index contributed by atoms with van der Waals surface area (Å²) in [4.78, 5) is 26.6. The molecule has 0 saturated carbocycles. The third-order valence-electron chi connectivity index (χ3n) is 4.34. The molecule has 4 nitrogen and oxygen atoms in total. The Bertz CT molecular complexity index is 808. The fourth-order valence-electron chi connectivity index (χ4n) is 2.97. The number of nitrogens with one attached hydrogen (secondary N) is 1. The molecule has 1 saturated heterocycles. The van der Waals surface area contributed by atoms with Gasteiger partial charge in [-0.15, -0.1) is 0 Å². The molecule has 0 unspecified atom stereocenters. The van der Waals surface area contributed by atoms with Crippen LogP contribution in [0.5, 0.6) is 0 Å². The van der Waals surface area contributed by atoms with Gasteiger partial charge in [-0.1, -0.05) is 34.5 Å². The summed E-state index contributed by atoms with van der Waals surface area (Å²) in [6, 6.07) is 12.9. The molecule has 1 aliphatic heterocycles. The predicted molar refractivity (Wildman–Crippen MR) is 104 cm³/mol. The summed E-state index contributed by atoms with van der Waals surface area (Å²) in [5.41, 5.74) is 2.62. The maximum atomic E-state index is 12.6. The minimum Gasteiger partial charge on any atom is -0.326 e. The van der Waals surface area contributed by atoms with Crippen LogP contribution < -0.4 is 10.2 Å². The maximum Gasteiger partial charge on any atom is 0.229 e. The van der Waals surface area contributed by atoms with Gasteiger partial charge in [-0.05, 0) is 54.4 Å². The van der Waals surface area contributed by atoms with E-state index in [4.69, 9.17) is 11.6 Å². The molecule has 25 heavy (non-hydrogen) atoms. The quantitative estimate of drug-likeness (QED) is 0.781. The van der Waals surface area contributed by atoms with E-state index in [-0.39, 0.29) is 24.2 Å². The Morgan fingerprint density at radius 1 is 1.28 bits per heavy atom. The molecule has 1 atom stereocenters. The minimum atomic E-state index is -0.364. The highest BCUT2D eigenvalue weighted by atomic mass is 79.9. The summed E-state index contributed by atoms with van der Waals surface area (Å²) in [5.74, 6) is -0.535. The molecule has 0 spiro atoms. The monoisotopic (exact) mass is 420 g/mol. The zero-order valence-corrected chi connectivity index (χ0v) is 16.1. The first-order valence-corrected chi connectivity index (χ1v) is 9.30. The molecular weight excluding hydrogens is 404 g/mol. The average Bonchev–Trinajstić information content (AvgIpc) is 2.99. The highest BCUT2D eigenvalue weighted by Gasteiger charge is 2.35. The number of anilines is 2. The van der Waals surface area contributed by atoms with Gasteiger partial charge in [0.2, 0.25) is 11.8 Å². The molecule has 1 fully saturated rings. The lowest BCUT2D eigenvalue weighted by Crippen LogP contribution is -2.28. The molecule has 2 amide bonds. The van der Waals surface area contributed by atoms with Crippen LogP contribution in [0.4, 0.5) is 11.4 Å². The Balaban J connectivity index is 1.72. The number of hydrogen-bond donors (Lipinski definition) is 1. The Morgan fingerprint density at radius 2 is 2.00 bits per heavy atom. The molecule has 6 heteroatoms. The molecule has 0 bridgehead atoms. The van der Waals surface area contributed by atoms with Gasteiger partial charge >= 0.3 is 0 Å². The second-order valence-electron chi connectivity index (χ2n) is 6.03.